The SMILES string of the molecule is CCCCN1C(=O)NC(c2cccc(NC(=O)NCc3ccccc3)c2)C(C(=O)OC(C)C)=C1C. The third-order valence-corrected chi connectivity index (χ3v) is 5.67. The maximum Gasteiger partial charge on any atom is 0.338 e. The van der Waals surface area contributed by atoms with Crippen LogP contribution >= 0.6 is 0 Å². The Hall–Kier alpha value is -3.81. The molecule has 1 unspecified atom stereocenters. The summed E-state index contributed by atoms with van der Waals surface area (Å²) in [6.45, 7) is 8.31. The molecule has 0 spiro atoms. The number of unbranched alkanes of at least 4 members (excludes halogenated alkanes) is 1. The second-order valence-corrected chi connectivity index (χ2v) is 8.76. The van der Waals surface area contributed by atoms with E-state index in [-0.39, 0.29) is 18.2 Å². The average molecular weight is 479 g/mol. The van der Waals surface area contributed by atoms with Crippen molar-refractivity contribution in [2.45, 2.75) is 59.2 Å². The van der Waals surface area contributed by atoms with Crippen LogP contribution in [0.1, 0.15) is 57.7 Å². The standard InChI is InChI=1S/C27H34N4O4/c1-5-6-15-31-19(4)23(25(32)35-18(2)3)24(30-27(31)34)21-13-10-14-22(16-21)29-26(33)28-17-20-11-8-7-9-12-20/h7-14,16,18,24H,5-6,15,17H2,1-4H3,(H,30,34)(H2,28,29,33). The highest BCUT2D eigenvalue weighted by molar-refractivity contribution is 5.95. The second kappa shape index (κ2) is 12.1. The van der Waals surface area contributed by atoms with Gasteiger partial charge in [-0.15, -0.1) is 0 Å². The second-order valence-electron chi connectivity index (χ2n) is 8.76. The first-order valence-electron chi connectivity index (χ1n) is 12.0. The molecule has 0 saturated heterocycles. The predicted octanol–water partition coefficient (Wildman–Crippen LogP) is 5.10. The minimum Gasteiger partial charge on any atom is -0.459 e. The van der Waals surface area contributed by atoms with Gasteiger partial charge in [0, 0.05) is 24.5 Å². The van der Waals surface area contributed by atoms with Gasteiger partial charge < -0.3 is 20.7 Å². The van der Waals surface area contributed by atoms with Gasteiger partial charge in [0.2, 0.25) is 0 Å². The Kier molecular flexibility index (Phi) is 8.89. The molecule has 1 aliphatic rings. The number of anilines is 1. The number of hydrogen-bond acceptors (Lipinski definition) is 4. The monoisotopic (exact) mass is 478 g/mol. The number of nitrogens with one attached hydrogen (secondary N) is 3. The fraction of sp³-hybridized carbons (Fsp3) is 0.370. The number of carbonyl (C=O) groups excluding carboxylic acids is 3. The van der Waals surface area contributed by atoms with Gasteiger partial charge in [-0.2, -0.15) is 0 Å². The van der Waals surface area contributed by atoms with E-state index in [1.807, 2.05) is 43.3 Å². The molecular weight excluding hydrogens is 444 g/mol. The van der Waals surface area contributed by atoms with Crippen molar-refractivity contribution in [3.05, 3.63) is 77.0 Å². The van der Waals surface area contributed by atoms with Crippen LogP contribution in [0, 0.1) is 0 Å². The minimum atomic E-state index is -0.694. The summed E-state index contributed by atoms with van der Waals surface area (Å²) in [5.74, 6) is -0.469. The molecule has 0 aliphatic carbocycles. The summed E-state index contributed by atoms with van der Waals surface area (Å²) in [7, 11) is 0. The molecule has 1 heterocycles. The van der Waals surface area contributed by atoms with E-state index in [9.17, 15) is 14.4 Å². The van der Waals surface area contributed by atoms with Crippen LogP contribution in [0.3, 0.4) is 0 Å². The van der Waals surface area contributed by atoms with E-state index in [1.165, 1.54) is 0 Å². The number of hydrogen-bond donors (Lipinski definition) is 3. The van der Waals surface area contributed by atoms with Crippen molar-refractivity contribution in [1.82, 2.24) is 15.5 Å². The van der Waals surface area contributed by atoms with Crippen LogP contribution in [0.5, 0.6) is 0 Å². The molecule has 8 heteroatoms. The Morgan fingerprint density at radius 1 is 1.11 bits per heavy atom. The smallest absolute Gasteiger partial charge is 0.338 e. The largest absolute Gasteiger partial charge is 0.459 e. The summed E-state index contributed by atoms with van der Waals surface area (Å²) < 4.78 is 5.51. The highest BCUT2D eigenvalue weighted by Crippen LogP contribution is 2.32. The molecule has 2 aromatic rings. The van der Waals surface area contributed by atoms with Gasteiger partial charge in [0.15, 0.2) is 0 Å². The zero-order valence-corrected chi connectivity index (χ0v) is 20.8. The van der Waals surface area contributed by atoms with Crippen LogP contribution in [-0.2, 0) is 16.1 Å². The number of rotatable bonds is 9. The number of amides is 4. The van der Waals surface area contributed by atoms with Gasteiger partial charge in [-0.3, -0.25) is 4.90 Å². The van der Waals surface area contributed by atoms with Crippen molar-refractivity contribution in [3.8, 4) is 0 Å². The summed E-state index contributed by atoms with van der Waals surface area (Å²) >= 11 is 0. The van der Waals surface area contributed by atoms with Crippen LogP contribution in [-0.4, -0.2) is 35.6 Å². The molecule has 2 aromatic carbocycles. The quantitative estimate of drug-likeness (QED) is 0.437. The summed E-state index contributed by atoms with van der Waals surface area (Å²) in [4.78, 5) is 40.0. The average Bonchev–Trinajstić information content (AvgIpc) is 2.82. The fourth-order valence-corrected chi connectivity index (χ4v) is 3.91. The molecule has 1 atom stereocenters. The van der Waals surface area contributed by atoms with Gasteiger partial charge in [0.1, 0.15) is 0 Å². The fourth-order valence-electron chi connectivity index (χ4n) is 3.91. The lowest BCUT2D eigenvalue weighted by Gasteiger charge is -2.35. The molecule has 3 rings (SSSR count). The van der Waals surface area contributed by atoms with E-state index in [0.29, 0.717) is 35.6 Å². The summed E-state index contributed by atoms with van der Waals surface area (Å²) in [6, 6.07) is 15.4. The number of esters is 1. The molecule has 0 fully saturated rings. The van der Waals surface area contributed by atoms with Gasteiger partial charge in [-0.05, 0) is 50.5 Å². The van der Waals surface area contributed by atoms with E-state index in [1.54, 1.807) is 43.9 Å². The lowest BCUT2D eigenvalue weighted by Crippen LogP contribution is -2.48. The molecule has 0 bridgehead atoms. The lowest BCUT2D eigenvalue weighted by atomic mass is 9.94. The lowest BCUT2D eigenvalue weighted by molar-refractivity contribution is -0.143. The highest BCUT2D eigenvalue weighted by atomic mass is 16.5. The number of nitrogens with zero attached hydrogens (tertiary/aromatic N) is 1. The maximum atomic E-state index is 13.1. The number of urea groups is 2. The third-order valence-electron chi connectivity index (χ3n) is 5.67. The van der Waals surface area contributed by atoms with Gasteiger partial charge in [-0.25, -0.2) is 14.4 Å². The topological polar surface area (TPSA) is 99.8 Å². The Morgan fingerprint density at radius 3 is 2.54 bits per heavy atom. The van der Waals surface area contributed by atoms with Crippen LogP contribution < -0.4 is 16.0 Å². The van der Waals surface area contributed by atoms with Gasteiger partial charge in [0.25, 0.3) is 0 Å². The zero-order valence-electron chi connectivity index (χ0n) is 20.8. The van der Waals surface area contributed by atoms with Crippen molar-refractivity contribution in [1.29, 1.82) is 0 Å². The third kappa shape index (κ3) is 6.85. The maximum absolute atomic E-state index is 13.1. The van der Waals surface area contributed by atoms with E-state index in [4.69, 9.17) is 4.74 Å². The molecular formula is C27H34N4O4. The Morgan fingerprint density at radius 2 is 1.86 bits per heavy atom. The molecule has 1 aliphatic heterocycles. The number of allylic oxidation sites excluding steroid dienone is 1. The first-order valence-corrected chi connectivity index (χ1v) is 12.0. The first-order chi connectivity index (χ1) is 16.8. The van der Waals surface area contributed by atoms with Crippen LogP contribution in [0.15, 0.2) is 65.9 Å². The van der Waals surface area contributed by atoms with Crippen molar-refractivity contribution in [2.24, 2.45) is 0 Å². The highest BCUT2D eigenvalue weighted by Gasteiger charge is 2.36. The minimum absolute atomic E-state index is 0.263. The van der Waals surface area contributed by atoms with Crippen molar-refractivity contribution in [2.75, 3.05) is 11.9 Å². The van der Waals surface area contributed by atoms with Gasteiger partial charge in [-0.1, -0.05) is 55.8 Å². The van der Waals surface area contributed by atoms with Crippen molar-refractivity contribution in [3.63, 3.8) is 0 Å². The molecule has 3 N–H and O–H groups in total. The molecule has 35 heavy (non-hydrogen) atoms. The predicted molar refractivity (Wildman–Crippen MR) is 136 cm³/mol. The molecule has 4 amide bonds. The summed E-state index contributed by atoms with van der Waals surface area (Å²) in [5.41, 5.74) is 3.18. The number of benzene rings is 2. The summed E-state index contributed by atoms with van der Waals surface area (Å²) in [5, 5.41) is 8.60. The van der Waals surface area contributed by atoms with Gasteiger partial charge in [0.05, 0.1) is 17.7 Å². The molecule has 0 saturated carbocycles. The van der Waals surface area contributed by atoms with Crippen LogP contribution in [0.25, 0.3) is 0 Å². The van der Waals surface area contributed by atoms with E-state index < -0.39 is 12.0 Å². The molecule has 0 aromatic heterocycles. The van der Waals surface area contributed by atoms with Crippen molar-refractivity contribution >= 4 is 23.7 Å². The first kappa shape index (κ1) is 25.8. The van der Waals surface area contributed by atoms with Crippen molar-refractivity contribution < 1.29 is 19.1 Å². The van der Waals surface area contributed by atoms with Crippen LogP contribution in [0.2, 0.25) is 0 Å². The molecule has 8 nitrogen and oxygen atoms in total. The molecule has 186 valence electrons. The van der Waals surface area contributed by atoms with E-state index in [2.05, 4.69) is 16.0 Å². The number of ether oxygens (including phenoxy) is 1. The summed E-state index contributed by atoms with van der Waals surface area (Å²) in [6.07, 6.45) is 1.44. The molecule has 0 radical (unpaired) electrons. The van der Waals surface area contributed by atoms with Crippen LogP contribution in [0.4, 0.5) is 15.3 Å². The Labute approximate surface area is 206 Å². The Bertz CT molecular complexity index is 1080. The zero-order chi connectivity index (χ0) is 25.4. The Balaban J connectivity index is 1.82. The van der Waals surface area contributed by atoms with E-state index >= 15 is 0 Å². The van der Waals surface area contributed by atoms with Gasteiger partial charge >= 0.3 is 18.0 Å². The van der Waals surface area contributed by atoms with E-state index in [0.717, 1.165) is 18.4 Å². The normalized spacial score (nSPS) is 15.6. The number of carbonyl (C=O) groups is 3.